The highest BCUT2D eigenvalue weighted by molar-refractivity contribution is 6.19. The third kappa shape index (κ3) is 5.45. The van der Waals surface area contributed by atoms with E-state index in [4.69, 9.17) is 19.4 Å². The summed E-state index contributed by atoms with van der Waals surface area (Å²) in [4.78, 5) is 17.5. The Morgan fingerprint density at radius 2 is 0.893 bits per heavy atom. The van der Waals surface area contributed by atoms with E-state index in [1.165, 1.54) is 16.2 Å². The van der Waals surface area contributed by atoms with Crippen LogP contribution in [0.4, 0.5) is 17.1 Å². The zero-order valence-electron chi connectivity index (χ0n) is 30.2. The van der Waals surface area contributed by atoms with Crippen molar-refractivity contribution >= 4 is 71.3 Å². The lowest BCUT2D eigenvalue weighted by Crippen LogP contribution is -2.10. The van der Waals surface area contributed by atoms with Crippen LogP contribution in [0.1, 0.15) is 0 Å². The average molecular weight is 717 g/mol. The second-order valence-corrected chi connectivity index (χ2v) is 14.1. The van der Waals surface area contributed by atoms with Gasteiger partial charge in [0.25, 0.3) is 0 Å². The second kappa shape index (κ2) is 13.0. The maximum Gasteiger partial charge on any atom is 0.164 e. The third-order valence-corrected chi connectivity index (χ3v) is 10.6. The lowest BCUT2D eigenvalue weighted by molar-refractivity contribution is 0.669. The lowest BCUT2D eigenvalue weighted by Gasteiger charge is -2.27. The molecule has 0 saturated heterocycles. The Labute approximate surface area is 322 Å². The predicted molar refractivity (Wildman–Crippen MR) is 231 cm³/mol. The molecule has 0 aliphatic carbocycles. The van der Waals surface area contributed by atoms with E-state index in [0.29, 0.717) is 17.5 Å². The molecular formula is C51H32N4O. The van der Waals surface area contributed by atoms with Crippen LogP contribution in [0.5, 0.6) is 0 Å². The number of nitrogens with zero attached hydrogens (tertiary/aromatic N) is 4. The molecule has 11 aromatic rings. The highest BCUT2D eigenvalue weighted by Gasteiger charge is 2.23. The maximum atomic E-state index is 6.93. The van der Waals surface area contributed by atoms with E-state index in [-0.39, 0.29) is 0 Å². The molecule has 0 spiro atoms. The quantitative estimate of drug-likeness (QED) is 0.171. The molecule has 0 amide bonds. The van der Waals surface area contributed by atoms with Crippen molar-refractivity contribution in [1.82, 2.24) is 15.0 Å². The first-order valence-electron chi connectivity index (χ1n) is 18.8. The third-order valence-electron chi connectivity index (χ3n) is 10.6. The fourth-order valence-electron chi connectivity index (χ4n) is 7.89. The zero-order chi connectivity index (χ0) is 37.0. The number of hydrogen-bond donors (Lipinski definition) is 0. The van der Waals surface area contributed by atoms with Crippen LogP contribution in [-0.2, 0) is 0 Å². The van der Waals surface area contributed by atoms with E-state index in [1.54, 1.807) is 0 Å². The minimum atomic E-state index is 0.598. The number of furan rings is 1. The molecule has 0 saturated carbocycles. The van der Waals surface area contributed by atoms with Gasteiger partial charge >= 0.3 is 0 Å². The van der Waals surface area contributed by atoms with Gasteiger partial charge in [-0.25, -0.2) is 15.0 Å². The summed E-state index contributed by atoms with van der Waals surface area (Å²) >= 11 is 0. The van der Waals surface area contributed by atoms with Crippen LogP contribution in [0, 0.1) is 0 Å². The number of hydrogen-bond acceptors (Lipinski definition) is 5. The number of rotatable bonds is 6. The molecule has 262 valence electrons. The normalized spacial score (nSPS) is 11.6. The molecule has 56 heavy (non-hydrogen) atoms. The van der Waals surface area contributed by atoms with Crippen molar-refractivity contribution in [3.63, 3.8) is 0 Å². The summed E-state index contributed by atoms with van der Waals surface area (Å²) in [5.74, 6) is 1.85. The molecular weight excluding hydrogens is 685 g/mol. The van der Waals surface area contributed by atoms with Gasteiger partial charge in [0.15, 0.2) is 23.1 Å². The van der Waals surface area contributed by atoms with Crippen molar-refractivity contribution < 1.29 is 4.42 Å². The SMILES string of the molecule is c1ccc(-c2nc(-c3ccc4ccccc4c3)nc(-c3ccc4oc5c(N(c6ccccc6)c6ccc7ccccc7c6)c6ccccc6cc5c4c3)n2)cc1. The monoisotopic (exact) mass is 716 g/mol. The Bertz CT molecular complexity index is 3260. The van der Waals surface area contributed by atoms with Crippen LogP contribution in [0.2, 0.25) is 0 Å². The van der Waals surface area contributed by atoms with Crippen molar-refractivity contribution in [3.8, 4) is 34.2 Å². The molecule has 2 heterocycles. The van der Waals surface area contributed by atoms with E-state index in [1.807, 2.05) is 36.4 Å². The number of anilines is 3. The summed E-state index contributed by atoms with van der Waals surface area (Å²) < 4.78 is 6.93. The summed E-state index contributed by atoms with van der Waals surface area (Å²) in [6.07, 6.45) is 0. The fourth-order valence-corrected chi connectivity index (χ4v) is 7.89. The lowest BCUT2D eigenvalue weighted by atomic mass is 10.0. The van der Waals surface area contributed by atoms with Gasteiger partial charge in [0.05, 0.1) is 5.69 Å². The van der Waals surface area contributed by atoms with Crippen LogP contribution in [0.15, 0.2) is 199 Å². The molecule has 0 bridgehead atoms. The molecule has 0 fully saturated rings. The van der Waals surface area contributed by atoms with Crippen molar-refractivity contribution in [1.29, 1.82) is 0 Å². The molecule has 5 heteroatoms. The van der Waals surface area contributed by atoms with Gasteiger partial charge in [0, 0.05) is 44.2 Å². The predicted octanol–water partition coefficient (Wildman–Crippen LogP) is 13.7. The van der Waals surface area contributed by atoms with Gasteiger partial charge in [-0.05, 0) is 81.5 Å². The second-order valence-electron chi connectivity index (χ2n) is 14.1. The van der Waals surface area contributed by atoms with Crippen LogP contribution in [-0.4, -0.2) is 15.0 Å². The van der Waals surface area contributed by atoms with E-state index >= 15 is 0 Å². The topological polar surface area (TPSA) is 55.1 Å². The van der Waals surface area contributed by atoms with Crippen molar-refractivity contribution in [2.24, 2.45) is 0 Å². The number of fused-ring (bicyclic) bond motifs is 6. The highest BCUT2D eigenvalue weighted by atomic mass is 16.3. The Kier molecular flexibility index (Phi) is 7.42. The van der Waals surface area contributed by atoms with Crippen molar-refractivity contribution in [3.05, 3.63) is 194 Å². The zero-order valence-corrected chi connectivity index (χ0v) is 30.2. The minimum Gasteiger partial charge on any atom is -0.454 e. The first kappa shape index (κ1) is 31.9. The van der Waals surface area contributed by atoms with Gasteiger partial charge in [0.2, 0.25) is 0 Å². The number of benzene rings is 9. The van der Waals surface area contributed by atoms with Crippen molar-refractivity contribution in [2.45, 2.75) is 0 Å². The van der Waals surface area contributed by atoms with Gasteiger partial charge in [-0.3, -0.25) is 0 Å². The molecule has 5 nitrogen and oxygen atoms in total. The summed E-state index contributed by atoms with van der Waals surface area (Å²) in [6.45, 7) is 0. The Hall–Kier alpha value is -7.63. The Morgan fingerprint density at radius 3 is 1.62 bits per heavy atom. The van der Waals surface area contributed by atoms with Gasteiger partial charge in [-0.15, -0.1) is 0 Å². The first-order chi connectivity index (χ1) is 27.7. The maximum absolute atomic E-state index is 6.93. The molecule has 9 aromatic carbocycles. The molecule has 0 atom stereocenters. The Morgan fingerprint density at radius 1 is 0.339 bits per heavy atom. The van der Waals surface area contributed by atoms with Crippen LogP contribution >= 0.6 is 0 Å². The van der Waals surface area contributed by atoms with Crippen LogP contribution in [0.25, 0.3) is 88.4 Å². The van der Waals surface area contributed by atoms with Gasteiger partial charge < -0.3 is 9.32 Å². The Balaban J connectivity index is 1.14. The first-order valence-corrected chi connectivity index (χ1v) is 18.8. The number of aromatic nitrogens is 3. The largest absolute Gasteiger partial charge is 0.454 e. The smallest absolute Gasteiger partial charge is 0.164 e. The number of para-hydroxylation sites is 1. The van der Waals surface area contributed by atoms with Crippen LogP contribution < -0.4 is 4.90 Å². The molecule has 0 N–H and O–H groups in total. The molecule has 0 radical (unpaired) electrons. The van der Waals surface area contributed by atoms with E-state index in [0.717, 1.165) is 71.8 Å². The van der Waals surface area contributed by atoms with Crippen molar-refractivity contribution in [2.75, 3.05) is 4.90 Å². The molecule has 2 aromatic heterocycles. The molecule has 11 rings (SSSR count). The molecule has 0 aliphatic rings. The standard InChI is InChI=1S/C51H32N4O/c1-3-15-35(16-4-1)49-52-50(39-24-23-33-13-7-9-17-36(33)29-39)54-51(53-49)40-26-28-46-44(32-40)45-31-38-19-11-12-22-43(38)47(48(45)56-46)55(41-20-5-2-6-21-41)42-27-25-34-14-8-10-18-37(34)30-42/h1-32H. The average Bonchev–Trinajstić information content (AvgIpc) is 3.64. The summed E-state index contributed by atoms with van der Waals surface area (Å²) in [5.41, 5.74) is 7.43. The van der Waals surface area contributed by atoms with E-state index in [2.05, 4.69) is 163 Å². The van der Waals surface area contributed by atoms with Gasteiger partial charge in [-0.2, -0.15) is 0 Å². The fraction of sp³-hybridized carbons (Fsp3) is 0. The van der Waals surface area contributed by atoms with Gasteiger partial charge in [0.1, 0.15) is 5.58 Å². The summed E-state index contributed by atoms with van der Waals surface area (Å²) in [6, 6.07) is 67.5. The van der Waals surface area contributed by atoms with Crippen LogP contribution in [0.3, 0.4) is 0 Å². The van der Waals surface area contributed by atoms with E-state index < -0.39 is 0 Å². The van der Waals surface area contributed by atoms with E-state index in [9.17, 15) is 0 Å². The summed E-state index contributed by atoms with van der Waals surface area (Å²) in [7, 11) is 0. The summed E-state index contributed by atoms with van der Waals surface area (Å²) in [5, 5.41) is 8.90. The highest BCUT2D eigenvalue weighted by Crippen LogP contribution is 2.47. The van der Waals surface area contributed by atoms with Gasteiger partial charge in [-0.1, -0.05) is 140 Å². The molecule has 0 unspecified atom stereocenters. The minimum absolute atomic E-state index is 0.598. The molecule has 0 aliphatic heterocycles.